The number of carbonyl (C=O) groups is 4. The van der Waals surface area contributed by atoms with E-state index in [2.05, 4.69) is 5.32 Å². The van der Waals surface area contributed by atoms with Gasteiger partial charge in [-0.25, -0.2) is 4.79 Å². The summed E-state index contributed by atoms with van der Waals surface area (Å²) >= 11 is 0. The number of hydrogen-bond donors (Lipinski definition) is 1. The number of anilines is 1. The number of rotatable bonds is 7. The maximum atomic E-state index is 12.5. The van der Waals surface area contributed by atoms with Gasteiger partial charge in [-0.15, -0.1) is 0 Å². The van der Waals surface area contributed by atoms with E-state index in [0.29, 0.717) is 24.3 Å². The third kappa shape index (κ3) is 5.69. The van der Waals surface area contributed by atoms with Crippen LogP contribution in [0.1, 0.15) is 28.4 Å². The smallest absolute Gasteiger partial charge is 0.338 e. The minimum atomic E-state index is -0.689. The molecule has 162 valence electrons. The SMILES string of the molecule is CCOC(=O)c1ccc(NC(=O)CN2CCN(Cc3ccc(C)cc3)C(=O)C2=O)cc1. The predicted molar refractivity (Wildman–Crippen MR) is 114 cm³/mol. The predicted octanol–water partition coefficient (Wildman–Crippen LogP) is 1.98. The number of aryl methyl sites for hydroxylation is 1. The van der Waals surface area contributed by atoms with Crippen molar-refractivity contribution >= 4 is 29.4 Å². The molecule has 1 heterocycles. The highest BCUT2D eigenvalue weighted by Crippen LogP contribution is 2.13. The Balaban J connectivity index is 1.53. The summed E-state index contributed by atoms with van der Waals surface area (Å²) < 4.78 is 4.92. The second-order valence-electron chi connectivity index (χ2n) is 7.29. The number of ether oxygens (including phenoxy) is 1. The number of hydrogen-bond acceptors (Lipinski definition) is 5. The molecule has 0 atom stereocenters. The third-order valence-corrected chi connectivity index (χ3v) is 4.91. The van der Waals surface area contributed by atoms with Gasteiger partial charge in [0, 0.05) is 25.3 Å². The Morgan fingerprint density at radius 3 is 2.19 bits per heavy atom. The van der Waals surface area contributed by atoms with Crippen LogP contribution in [0.4, 0.5) is 5.69 Å². The summed E-state index contributed by atoms with van der Waals surface area (Å²) in [6.07, 6.45) is 0. The van der Waals surface area contributed by atoms with Gasteiger partial charge in [0.1, 0.15) is 6.54 Å². The van der Waals surface area contributed by atoms with Crippen molar-refractivity contribution in [2.45, 2.75) is 20.4 Å². The number of esters is 1. The van der Waals surface area contributed by atoms with Crippen LogP contribution in [0.3, 0.4) is 0 Å². The zero-order chi connectivity index (χ0) is 22.4. The lowest BCUT2D eigenvalue weighted by Gasteiger charge is -2.33. The van der Waals surface area contributed by atoms with Crippen LogP contribution in [-0.2, 0) is 25.7 Å². The normalized spacial score (nSPS) is 13.9. The van der Waals surface area contributed by atoms with Crippen LogP contribution >= 0.6 is 0 Å². The van der Waals surface area contributed by atoms with E-state index in [1.54, 1.807) is 31.2 Å². The molecule has 1 aliphatic rings. The molecular formula is C23H25N3O5. The number of nitrogens with zero attached hydrogens (tertiary/aromatic N) is 2. The monoisotopic (exact) mass is 423 g/mol. The molecule has 3 rings (SSSR count). The van der Waals surface area contributed by atoms with Crippen LogP contribution in [0.2, 0.25) is 0 Å². The molecule has 8 heteroatoms. The van der Waals surface area contributed by atoms with Gasteiger partial charge in [-0.3, -0.25) is 14.4 Å². The van der Waals surface area contributed by atoms with Crippen LogP contribution in [-0.4, -0.2) is 59.7 Å². The van der Waals surface area contributed by atoms with E-state index in [-0.39, 0.29) is 19.7 Å². The molecule has 0 radical (unpaired) electrons. The lowest BCUT2D eigenvalue weighted by atomic mass is 10.1. The average molecular weight is 423 g/mol. The molecule has 1 N–H and O–H groups in total. The Morgan fingerprint density at radius 2 is 1.55 bits per heavy atom. The highest BCUT2D eigenvalue weighted by molar-refractivity contribution is 6.35. The van der Waals surface area contributed by atoms with Crippen molar-refractivity contribution in [2.24, 2.45) is 0 Å². The minimum Gasteiger partial charge on any atom is -0.462 e. The van der Waals surface area contributed by atoms with Crippen molar-refractivity contribution in [2.75, 3.05) is 31.6 Å². The molecule has 0 spiro atoms. The van der Waals surface area contributed by atoms with Gasteiger partial charge >= 0.3 is 17.8 Å². The summed E-state index contributed by atoms with van der Waals surface area (Å²) in [5.74, 6) is -2.16. The molecule has 8 nitrogen and oxygen atoms in total. The number of carbonyl (C=O) groups excluding carboxylic acids is 4. The van der Waals surface area contributed by atoms with Crippen LogP contribution in [0.25, 0.3) is 0 Å². The summed E-state index contributed by atoms with van der Waals surface area (Å²) in [5, 5.41) is 2.67. The van der Waals surface area contributed by atoms with Gasteiger partial charge in [-0.1, -0.05) is 29.8 Å². The number of nitrogens with one attached hydrogen (secondary N) is 1. The molecule has 0 bridgehead atoms. The fraction of sp³-hybridized carbons (Fsp3) is 0.304. The molecule has 3 amide bonds. The molecular weight excluding hydrogens is 398 g/mol. The quantitative estimate of drug-likeness (QED) is 0.543. The lowest BCUT2D eigenvalue weighted by Crippen LogP contribution is -2.55. The van der Waals surface area contributed by atoms with Crippen molar-refractivity contribution in [1.29, 1.82) is 0 Å². The van der Waals surface area contributed by atoms with Crippen molar-refractivity contribution in [3.8, 4) is 0 Å². The van der Waals surface area contributed by atoms with Crippen LogP contribution < -0.4 is 5.32 Å². The largest absolute Gasteiger partial charge is 0.462 e. The maximum absolute atomic E-state index is 12.5. The number of amides is 3. The fourth-order valence-corrected chi connectivity index (χ4v) is 3.21. The molecule has 1 saturated heterocycles. The standard InChI is InChI=1S/C23H25N3O5/c1-3-31-23(30)18-8-10-19(11-9-18)24-20(27)15-26-13-12-25(21(28)22(26)29)14-17-6-4-16(2)5-7-17/h4-11H,3,12-15H2,1-2H3,(H,24,27). The van der Waals surface area contributed by atoms with E-state index in [1.165, 1.54) is 9.80 Å². The Labute approximate surface area is 180 Å². The zero-order valence-corrected chi connectivity index (χ0v) is 17.6. The molecule has 2 aromatic rings. The van der Waals surface area contributed by atoms with Gasteiger partial charge in [-0.2, -0.15) is 0 Å². The second-order valence-corrected chi connectivity index (χ2v) is 7.29. The van der Waals surface area contributed by atoms with Gasteiger partial charge < -0.3 is 19.9 Å². The molecule has 0 unspecified atom stereocenters. The van der Waals surface area contributed by atoms with Crippen molar-refractivity contribution < 1.29 is 23.9 Å². The Kier molecular flexibility index (Phi) is 7.02. The first-order valence-electron chi connectivity index (χ1n) is 10.1. The summed E-state index contributed by atoms with van der Waals surface area (Å²) in [4.78, 5) is 51.7. The Hall–Kier alpha value is -3.68. The van der Waals surface area contributed by atoms with Crippen molar-refractivity contribution in [3.05, 3.63) is 65.2 Å². The first-order valence-corrected chi connectivity index (χ1v) is 10.1. The molecule has 31 heavy (non-hydrogen) atoms. The van der Waals surface area contributed by atoms with Gasteiger partial charge in [-0.05, 0) is 43.7 Å². The van der Waals surface area contributed by atoms with E-state index < -0.39 is 23.7 Å². The van der Waals surface area contributed by atoms with E-state index in [9.17, 15) is 19.2 Å². The summed E-state index contributed by atoms with van der Waals surface area (Å²) in [5.41, 5.74) is 2.93. The average Bonchev–Trinajstić information content (AvgIpc) is 2.75. The Bertz CT molecular complexity index is 970. The molecule has 0 aromatic heterocycles. The third-order valence-electron chi connectivity index (χ3n) is 4.91. The molecule has 2 aromatic carbocycles. The van der Waals surface area contributed by atoms with E-state index in [4.69, 9.17) is 4.74 Å². The van der Waals surface area contributed by atoms with Gasteiger partial charge in [0.15, 0.2) is 0 Å². The topological polar surface area (TPSA) is 96.0 Å². The number of piperazine rings is 1. The Morgan fingerprint density at radius 1 is 0.935 bits per heavy atom. The molecule has 0 aliphatic carbocycles. The molecule has 1 aliphatic heterocycles. The highest BCUT2D eigenvalue weighted by atomic mass is 16.5. The first-order chi connectivity index (χ1) is 14.9. The van der Waals surface area contributed by atoms with Gasteiger partial charge in [0.25, 0.3) is 0 Å². The first kappa shape index (κ1) is 22.0. The van der Waals surface area contributed by atoms with E-state index >= 15 is 0 Å². The second kappa shape index (κ2) is 9.88. The van der Waals surface area contributed by atoms with Crippen molar-refractivity contribution in [3.63, 3.8) is 0 Å². The van der Waals surface area contributed by atoms with Crippen LogP contribution in [0.15, 0.2) is 48.5 Å². The maximum Gasteiger partial charge on any atom is 0.338 e. The van der Waals surface area contributed by atoms with Crippen LogP contribution in [0.5, 0.6) is 0 Å². The lowest BCUT2D eigenvalue weighted by molar-refractivity contribution is -0.157. The minimum absolute atomic E-state index is 0.220. The molecule has 0 saturated carbocycles. The zero-order valence-electron chi connectivity index (χ0n) is 17.6. The summed E-state index contributed by atoms with van der Waals surface area (Å²) in [6.45, 7) is 4.77. The summed E-state index contributed by atoms with van der Waals surface area (Å²) in [6, 6.07) is 14.0. The van der Waals surface area contributed by atoms with E-state index in [1.807, 2.05) is 31.2 Å². The van der Waals surface area contributed by atoms with Crippen molar-refractivity contribution in [1.82, 2.24) is 9.80 Å². The number of benzene rings is 2. The van der Waals surface area contributed by atoms with Gasteiger partial charge in [0.05, 0.1) is 12.2 Å². The van der Waals surface area contributed by atoms with Gasteiger partial charge in [0.2, 0.25) is 5.91 Å². The highest BCUT2D eigenvalue weighted by Gasteiger charge is 2.33. The van der Waals surface area contributed by atoms with E-state index in [0.717, 1.165) is 11.1 Å². The molecule has 1 fully saturated rings. The van der Waals surface area contributed by atoms with Crippen LogP contribution in [0, 0.1) is 6.92 Å². The summed E-state index contributed by atoms with van der Waals surface area (Å²) in [7, 11) is 0. The fourth-order valence-electron chi connectivity index (χ4n) is 3.21.